The number of carbonyl (C=O) groups is 1. The maximum atomic E-state index is 13.5. The number of amides is 1. The van der Waals surface area contributed by atoms with Gasteiger partial charge in [0, 0.05) is 42.9 Å². The molecular formula is C26H35N7O4S. The van der Waals surface area contributed by atoms with Crippen molar-refractivity contribution < 1.29 is 30.3 Å². The SMILES string of the molecule is [2H]C([2H])([2H])C(COc1ccn(-c2ccc(C(=O)NS(=O)(=O)c3cccnc3N)c(N3C[C@@H](C)CC3(C)C)n2)n1)(C([2H])([2H])[2H])C([2H])([2H])[2H]. The Morgan fingerprint density at radius 3 is 2.71 bits per heavy atom. The van der Waals surface area contributed by atoms with Crippen molar-refractivity contribution in [3.05, 3.63) is 48.3 Å². The van der Waals surface area contributed by atoms with E-state index >= 15 is 0 Å². The van der Waals surface area contributed by atoms with E-state index in [-0.39, 0.29) is 39.7 Å². The van der Waals surface area contributed by atoms with Crippen LogP contribution in [0.15, 0.2) is 47.6 Å². The highest BCUT2D eigenvalue weighted by atomic mass is 32.2. The summed E-state index contributed by atoms with van der Waals surface area (Å²) in [4.78, 5) is 23.4. The molecule has 3 aromatic rings. The van der Waals surface area contributed by atoms with E-state index in [0.717, 1.165) is 6.42 Å². The zero-order valence-corrected chi connectivity index (χ0v) is 21.9. The largest absolute Gasteiger partial charge is 0.476 e. The predicted molar refractivity (Wildman–Crippen MR) is 145 cm³/mol. The molecule has 12 heteroatoms. The first kappa shape index (κ1) is 17.8. The van der Waals surface area contributed by atoms with Crippen LogP contribution in [0, 0.1) is 11.3 Å². The van der Waals surface area contributed by atoms with Gasteiger partial charge in [-0.15, -0.1) is 5.10 Å². The van der Waals surface area contributed by atoms with Gasteiger partial charge in [-0.3, -0.25) is 4.79 Å². The topological polar surface area (TPSA) is 145 Å². The Bertz CT molecular complexity index is 1720. The molecule has 204 valence electrons. The van der Waals surface area contributed by atoms with Crippen molar-refractivity contribution in [2.24, 2.45) is 11.3 Å². The molecule has 0 spiro atoms. The minimum absolute atomic E-state index is 0.0663. The first-order chi connectivity index (χ1) is 21.4. The van der Waals surface area contributed by atoms with Crippen LogP contribution in [0.4, 0.5) is 11.6 Å². The van der Waals surface area contributed by atoms with Gasteiger partial charge in [0.15, 0.2) is 5.82 Å². The van der Waals surface area contributed by atoms with Crippen LogP contribution in [0.2, 0.25) is 0 Å². The number of aromatic nitrogens is 4. The van der Waals surface area contributed by atoms with Crippen molar-refractivity contribution in [1.82, 2.24) is 24.5 Å². The molecule has 4 rings (SSSR count). The summed E-state index contributed by atoms with van der Waals surface area (Å²) in [5.41, 5.74) is 1.96. The number of hydrogen-bond donors (Lipinski definition) is 2. The molecule has 3 N–H and O–H groups in total. The minimum atomic E-state index is -4.41. The zero-order valence-electron chi connectivity index (χ0n) is 30.1. The van der Waals surface area contributed by atoms with Crippen LogP contribution in [0.5, 0.6) is 5.88 Å². The van der Waals surface area contributed by atoms with Gasteiger partial charge in [-0.05, 0) is 55.9 Å². The molecule has 38 heavy (non-hydrogen) atoms. The van der Waals surface area contributed by atoms with E-state index in [0.29, 0.717) is 6.54 Å². The molecule has 0 bridgehead atoms. The fraction of sp³-hybridized carbons (Fsp3) is 0.462. The molecule has 11 nitrogen and oxygen atoms in total. The van der Waals surface area contributed by atoms with Crippen LogP contribution in [0.1, 0.15) is 70.4 Å². The molecule has 0 aliphatic carbocycles. The predicted octanol–water partition coefficient (Wildman–Crippen LogP) is 3.41. The lowest BCUT2D eigenvalue weighted by atomic mass is 9.97. The lowest BCUT2D eigenvalue weighted by molar-refractivity contribution is 0.0981. The Labute approximate surface area is 236 Å². The van der Waals surface area contributed by atoms with E-state index in [1.54, 1.807) is 0 Å². The van der Waals surface area contributed by atoms with Crippen LogP contribution < -0.4 is 20.1 Å². The molecule has 1 atom stereocenters. The van der Waals surface area contributed by atoms with Crippen molar-refractivity contribution in [2.75, 3.05) is 23.8 Å². The number of pyridine rings is 2. The number of rotatable bonds is 7. The van der Waals surface area contributed by atoms with Gasteiger partial charge in [0.2, 0.25) is 5.88 Å². The fourth-order valence-electron chi connectivity index (χ4n) is 4.46. The summed E-state index contributed by atoms with van der Waals surface area (Å²) in [5, 5.41) is 4.18. The number of nitrogen functional groups attached to an aromatic ring is 1. The van der Waals surface area contributed by atoms with Crippen LogP contribution in [-0.2, 0) is 10.0 Å². The molecule has 4 heterocycles. The smallest absolute Gasteiger partial charge is 0.268 e. The summed E-state index contributed by atoms with van der Waals surface area (Å²) in [6.45, 7) is -5.16. The number of anilines is 2. The highest BCUT2D eigenvalue weighted by molar-refractivity contribution is 7.90. The monoisotopic (exact) mass is 550 g/mol. The Morgan fingerprint density at radius 2 is 2.05 bits per heavy atom. The summed E-state index contributed by atoms with van der Waals surface area (Å²) in [7, 11) is -4.41. The van der Waals surface area contributed by atoms with Crippen molar-refractivity contribution in [3.8, 4) is 11.7 Å². The fourth-order valence-corrected chi connectivity index (χ4v) is 5.51. The molecule has 0 saturated carbocycles. The molecule has 1 aliphatic heterocycles. The Morgan fingerprint density at radius 1 is 1.29 bits per heavy atom. The molecule has 1 amide bonds. The van der Waals surface area contributed by atoms with Gasteiger partial charge in [-0.2, -0.15) is 0 Å². The standard InChI is InChI=1S/C26H35N7O4S/c1-17-14-26(5,6)32(15-17)23-18(24(34)31-38(35,36)19-8-7-12-28-22(19)27)9-10-20(29-23)33-13-11-21(30-33)37-16-25(2,3)4/h7-13,17H,14-16H2,1-6H3,(H2,27,28)(H,31,34)/t17-/m0/s1/i2D3,3D3,4D3. The zero-order chi connectivity index (χ0) is 35.4. The highest BCUT2D eigenvalue weighted by Crippen LogP contribution is 2.37. The first-order valence-corrected chi connectivity index (χ1v) is 13.1. The quantitative estimate of drug-likeness (QED) is 0.452. The highest BCUT2D eigenvalue weighted by Gasteiger charge is 2.39. The third-order valence-electron chi connectivity index (χ3n) is 5.99. The molecule has 1 saturated heterocycles. The second kappa shape index (κ2) is 9.90. The molecule has 3 aromatic heterocycles. The molecular weight excluding hydrogens is 506 g/mol. The van der Waals surface area contributed by atoms with Gasteiger partial charge in [-0.1, -0.05) is 27.5 Å². The maximum absolute atomic E-state index is 13.5. The van der Waals surface area contributed by atoms with Crippen molar-refractivity contribution in [1.29, 1.82) is 0 Å². The Kier molecular flexibility index (Phi) is 4.63. The molecule has 0 aromatic carbocycles. The van der Waals surface area contributed by atoms with Crippen molar-refractivity contribution in [3.63, 3.8) is 0 Å². The molecule has 1 fully saturated rings. The normalized spacial score (nSPS) is 21.9. The average Bonchev–Trinajstić information content (AvgIpc) is 3.48. The molecule has 0 unspecified atom stereocenters. The average molecular weight is 551 g/mol. The lowest BCUT2D eigenvalue weighted by Gasteiger charge is -2.34. The van der Waals surface area contributed by atoms with E-state index in [1.165, 1.54) is 47.4 Å². The summed E-state index contributed by atoms with van der Waals surface area (Å²) in [6.07, 6.45) is 3.41. The summed E-state index contributed by atoms with van der Waals surface area (Å²) < 4.78 is 105. The van der Waals surface area contributed by atoms with Crippen molar-refractivity contribution in [2.45, 2.75) is 58.2 Å². The van der Waals surface area contributed by atoms with Gasteiger partial charge < -0.3 is 15.4 Å². The summed E-state index contributed by atoms with van der Waals surface area (Å²) in [5.74, 6) is -1.07. The minimum Gasteiger partial charge on any atom is -0.476 e. The third-order valence-corrected chi connectivity index (χ3v) is 7.36. The molecule has 0 radical (unpaired) electrons. The third kappa shape index (κ3) is 5.90. The molecule has 1 aliphatic rings. The van der Waals surface area contributed by atoms with Gasteiger partial charge in [0.25, 0.3) is 15.9 Å². The van der Waals surface area contributed by atoms with Gasteiger partial charge >= 0.3 is 0 Å². The van der Waals surface area contributed by atoms with Gasteiger partial charge in [0.1, 0.15) is 16.5 Å². The number of sulfonamides is 1. The Hall–Kier alpha value is -3.67. The second-order valence-electron chi connectivity index (χ2n) is 9.89. The number of carbonyl (C=O) groups excluding carboxylic acids is 1. The van der Waals surface area contributed by atoms with E-state index in [1.807, 2.05) is 30.4 Å². The van der Waals surface area contributed by atoms with Gasteiger partial charge in [0.05, 0.1) is 12.2 Å². The van der Waals surface area contributed by atoms with Gasteiger partial charge in [-0.25, -0.2) is 27.8 Å². The lowest BCUT2D eigenvalue weighted by Crippen LogP contribution is -2.41. The number of nitrogens with two attached hydrogens (primary N) is 1. The van der Waals surface area contributed by atoms with Crippen LogP contribution in [-0.4, -0.2) is 52.8 Å². The summed E-state index contributed by atoms with van der Waals surface area (Å²) >= 11 is 0. The van der Waals surface area contributed by atoms with E-state index in [9.17, 15) is 13.2 Å². The van der Waals surface area contributed by atoms with E-state index in [2.05, 4.69) is 15.1 Å². The number of nitrogens with one attached hydrogen (secondary N) is 1. The van der Waals surface area contributed by atoms with Crippen LogP contribution >= 0.6 is 0 Å². The van der Waals surface area contributed by atoms with E-state index in [4.69, 9.17) is 22.8 Å². The number of hydrogen-bond acceptors (Lipinski definition) is 9. The number of ether oxygens (including phenoxy) is 1. The Balaban J connectivity index is 1.71. The van der Waals surface area contributed by atoms with E-state index < -0.39 is 54.0 Å². The number of nitrogens with zero attached hydrogens (tertiary/aromatic N) is 5. The van der Waals surface area contributed by atoms with Crippen LogP contribution in [0.3, 0.4) is 0 Å². The summed E-state index contributed by atoms with van der Waals surface area (Å²) in [6, 6.07) is 6.57. The maximum Gasteiger partial charge on any atom is 0.268 e. The van der Waals surface area contributed by atoms with Crippen molar-refractivity contribution >= 4 is 27.6 Å². The second-order valence-corrected chi connectivity index (χ2v) is 11.5. The van der Waals surface area contributed by atoms with Crippen LogP contribution in [0.25, 0.3) is 5.82 Å². The first-order valence-electron chi connectivity index (χ1n) is 16.2.